The van der Waals surface area contributed by atoms with Gasteiger partial charge in [0.15, 0.2) is 5.17 Å². The van der Waals surface area contributed by atoms with Gasteiger partial charge < -0.3 is 15.7 Å². The van der Waals surface area contributed by atoms with Gasteiger partial charge in [0.1, 0.15) is 6.04 Å². The molecule has 0 spiro atoms. The van der Waals surface area contributed by atoms with Gasteiger partial charge in [0.05, 0.1) is 15.5 Å². The average molecular weight is 412 g/mol. The number of carbonyl (C=O) groups is 2. The molecule has 1 aromatic carbocycles. The first-order valence-electron chi connectivity index (χ1n) is 6.59. The summed E-state index contributed by atoms with van der Waals surface area (Å²) in [5.74, 6) is -1.54. The van der Waals surface area contributed by atoms with Crippen LogP contribution >= 0.6 is 45.6 Å². The summed E-state index contributed by atoms with van der Waals surface area (Å²) in [7, 11) is 2.26. The minimum absolute atomic E-state index is 0. The molecule has 0 heterocycles. The Balaban J connectivity index is 0.00000529. The normalized spacial score (nSPS) is 11.8. The van der Waals surface area contributed by atoms with Gasteiger partial charge in [-0.2, -0.15) is 0 Å². The third kappa shape index (κ3) is 7.21. The lowest BCUT2D eigenvalue weighted by atomic mass is 10.0. The van der Waals surface area contributed by atoms with Crippen LogP contribution in [0, 0.1) is 5.41 Å². The van der Waals surface area contributed by atoms with Gasteiger partial charge in [0, 0.05) is 6.92 Å². The minimum atomic E-state index is -1.12. The number of hydrogen-bond acceptors (Lipinski definition) is 5. The first kappa shape index (κ1) is 22.9. The Morgan fingerprint density at radius 1 is 1.33 bits per heavy atom. The number of carbonyl (C=O) groups excluding carboxylic acids is 1. The Hall–Kier alpha value is -1.09. The minimum Gasteiger partial charge on any atom is -0.480 e. The molecule has 0 saturated carbocycles. The van der Waals surface area contributed by atoms with Crippen LogP contribution in [0.25, 0.3) is 0 Å². The van der Waals surface area contributed by atoms with Crippen molar-refractivity contribution in [1.82, 2.24) is 5.32 Å². The quantitative estimate of drug-likeness (QED) is 0.322. The zero-order chi connectivity index (χ0) is 17.6. The van der Waals surface area contributed by atoms with Crippen LogP contribution in [0.4, 0.5) is 5.69 Å². The SMILES string of the molecule is CC(=O)NC(C(=O)O)C(C)(C)SSC(=N)Nc1ccccc1Cl.Cl. The van der Waals surface area contributed by atoms with Gasteiger partial charge in [0.2, 0.25) is 5.91 Å². The van der Waals surface area contributed by atoms with Crippen molar-refractivity contribution in [2.75, 3.05) is 5.32 Å². The summed E-state index contributed by atoms with van der Waals surface area (Å²) in [5, 5.41) is 23.1. The smallest absolute Gasteiger partial charge is 0.327 e. The van der Waals surface area contributed by atoms with Crippen LogP contribution in [0.3, 0.4) is 0 Å². The van der Waals surface area contributed by atoms with Gasteiger partial charge in [-0.25, -0.2) is 4.79 Å². The molecule has 1 atom stereocenters. The highest BCUT2D eigenvalue weighted by Crippen LogP contribution is 2.39. The predicted octanol–water partition coefficient (Wildman–Crippen LogP) is 3.86. The topological polar surface area (TPSA) is 102 Å². The molecular weight excluding hydrogens is 393 g/mol. The van der Waals surface area contributed by atoms with Crippen LogP contribution in [0.1, 0.15) is 20.8 Å². The fraction of sp³-hybridized carbons (Fsp3) is 0.357. The van der Waals surface area contributed by atoms with Gasteiger partial charge in [-0.3, -0.25) is 10.2 Å². The number of anilines is 1. The van der Waals surface area contributed by atoms with E-state index in [4.69, 9.17) is 17.0 Å². The molecule has 0 fully saturated rings. The molecule has 1 amide bonds. The Bertz CT molecular complexity index is 615. The standard InChI is InChI=1S/C14H18ClN3O3S2.ClH/c1-8(19)17-11(12(20)21)14(2,3)23-22-13(16)18-10-7-5-4-6-9(10)15;/h4-7,11H,1-3H3,(H2,16,18)(H,17,19)(H,20,21);1H. The number of amidine groups is 1. The van der Waals surface area contributed by atoms with Crippen molar-refractivity contribution in [2.24, 2.45) is 0 Å². The van der Waals surface area contributed by atoms with Crippen LogP contribution in [0.5, 0.6) is 0 Å². The number of amides is 1. The molecule has 1 rings (SSSR count). The van der Waals surface area contributed by atoms with Crippen molar-refractivity contribution in [2.45, 2.75) is 31.6 Å². The van der Waals surface area contributed by atoms with E-state index in [-0.39, 0.29) is 17.6 Å². The fourth-order valence-corrected chi connectivity index (χ4v) is 3.84. The van der Waals surface area contributed by atoms with Crippen LogP contribution in [-0.2, 0) is 9.59 Å². The van der Waals surface area contributed by atoms with Crippen molar-refractivity contribution in [1.29, 1.82) is 5.41 Å². The van der Waals surface area contributed by atoms with Crippen LogP contribution in [0.15, 0.2) is 24.3 Å². The molecule has 0 aliphatic carbocycles. The Morgan fingerprint density at radius 3 is 2.42 bits per heavy atom. The van der Waals surface area contributed by atoms with E-state index in [9.17, 15) is 14.7 Å². The maximum atomic E-state index is 11.3. The summed E-state index contributed by atoms with van der Waals surface area (Å²) in [6, 6.07) is 5.96. The molecule has 0 aliphatic heterocycles. The monoisotopic (exact) mass is 411 g/mol. The Morgan fingerprint density at radius 2 is 1.92 bits per heavy atom. The van der Waals surface area contributed by atoms with E-state index in [0.717, 1.165) is 10.8 Å². The largest absolute Gasteiger partial charge is 0.480 e. The van der Waals surface area contributed by atoms with E-state index in [0.29, 0.717) is 10.7 Å². The highest BCUT2D eigenvalue weighted by atomic mass is 35.5. The lowest BCUT2D eigenvalue weighted by molar-refractivity contribution is -0.142. The van der Waals surface area contributed by atoms with Crippen molar-refractivity contribution in [3.8, 4) is 0 Å². The van der Waals surface area contributed by atoms with Gasteiger partial charge in [-0.1, -0.05) is 34.5 Å². The number of aliphatic carboxylic acids is 1. The molecule has 0 radical (unpaired) electrons. The summed E-state index contributed by atoms with van der Waals surface area (Å²) in [4.78, 5) is 22.5. The third-order valence-corrected chi connectivity index (χ3v) is 6.14. The number of benzene rings is 1. The van der Waals surface area contributed by atoms with E-state index in [1.807, 2.05) is 0 Å². The molecule has 1 aromatic rings. The maximum Gasteiger partial charge on any atom is 0.327 e. The first-order valence-corrected chi connectivity index (χ1v) is 9.12. The van der Waals surface area contributed by atoms with Crippen LogP contribution in [-0.4, -0.2) is 32.9 Å². The number of nitrogens with one attached hydrogen (secondary N) is 3. The molecule has 10 heteroatoms. The van der Waals surface area contributed by atoms with E-state index in [1.165, 1.54) is 17.7 Å². The molecule has 134 valence electrons. The maximum absolute atomic E-state index is 11.3. The Labute approximate surface area is 159 Å². The second kappa shape index (κ2) is 10.0. The second-order valence-electron chi connectivity index (χ2n) is 5.18. The zero-order valence-corrected chi connectivity index (χ0v) is 16.5. The number of para-hydroxylation sites is 1. The summed E-state index contributed by atoms with van der Waals surface area (Å²) in [5.41, 5.74) is 0.599. The lowest BCUT2D eigenvalue weighted by Gasteiger charge is -2.30. The van der Waals surface area contributed by atoms with Crippen LogP contribution in [0.2, 0.25) is 5.02 Å². The van der Waals surface area contributed by atoms with E-state index < -0.39 is 22.7 Å². The van der Waals surface area contributed by atoms with Gasteiger partial charge in [0.25, 0.3) is 0 Å². The molecule has 4 N–H and O–H groups in total. The first-order chi connectivity index (χ1) is 10.6. The molecule has 0 aliphatic rings. The zero-order valence-electron chi connectivity index (χ0n) is 13.3. The number of hydrogen-bond donors (Lipinski definition) is 4. The van der Waals surface area contributed by atoms with E-state index >= 15 is 0 Å². The molecule has 24 heavy (non-hydrogen) atoms. The number of rotatable bonds is 6. The number of halogens is 2. The number of carboxylic acid groups (broad SMARTS) is 1. The van der Waals surface area contributed by atoms with Crippen molar-refractivity contribution in [3.05, 3.63) is 29.3 Å². The highest BCUT2D eigenvalue weighted by molar-refractivity contribution is 8.82. The number of carboxylic acids is 1. The predicted molar refractivity (Wildman–Crippen MR) is 105 cm³/mol. The summed E-state index contributed by atoms with van der Waals surface area (Å²) in [6.45, 7) is 4.66. The Kier molecular flexibility index (Phi) is 9.57. The molecule has 0 saturated heterocycles. The average Bonchev–Trinajstić information content (AvgIpc) is 2.44. The molecule has 0 aromatic heterocycles. The summed E-state index contributed by atoms with van der Waals surface area (Å²) in [6.07, 6.45) is 0. The van der Waals surface area contributed by atoms with E-state index in [2.05, 4.69) is 10.6 Å². The van der Waals surface area contributed by atoms with Gasteiger partial charge >= 0.3 is 5.97 Å². The fourth-order valence-electron chi connectivity index (χ4n) is 1.64. The van der Waals surface area contributed by atoms with Crippen molar-refractivity contribution < 1.29 is 14.7 Å². The molecule has 0 bridgehead atoms. The van der Waals surface area contributed by atoms with Crippen LogP contribution < -0.4 is 10.6 Å². The summed E-state index contributed by atoms with van der Waals surface area (Å²) < 4.78 is -0.823. The molecule has 1 unspecified atom stereocenters. The third-order valence-electron chi connectivity index (χ3n) is 2.75. The van der Waals surface area contributed by atoms with E-state index in [1.54, 1.807) is 38.1 Å². The highest BCUT2D eigenvalue weighted by Gasteiger charge is 2.37. The van der Waals surface area contributed by atoms with Crippen molar-refractivity contribution in [3.63, 3.8) is 0 Å². The van der Waals surface area contributed by atoms with Gasteiger partial charge in [-0.05, 0) is 36.8 Å². The lowest BCUT2D eigenvalue weighted by Crippen LogP contribution is -2.51. The summed E-state index contributed by atoms with van der Waals surface area (Å²) >= 11 is 6.01. The molecular formula is C14H19Cl2N3O3S2. The second-order valence-corrected chi connectivity index (χ2v) is 8.38. The van der Waals surface area contributed by atoms with Crippen molar-refractivity contribution >= 4 is 68.3 Å². The van der Waals surface area contributed by atoms with Gasteiger partial charge in [-0.15, -0.1) is 12.4 Å². The molecule has 6 nitrogen and oxygen atoms in total.